The Balaban J connectivity index is 2.40. The SMILES string of the molecule is CCOCC1(C#N)C(c2ccc(Cl)cc2)C1S(C)(=O)=O. The summed E-state index contributed by atoms with van der Waals surface area (Å²) in [6, 6.07) is 9.13. The average Bonchev–Trinajstić information content (AvgIpc) is 3.07. The summed E-state index contributed by atoms with van der Waals surface area (Å²) in [7, 11) is -3.32. The molecule has 1 aliphatic rings. The van der Waals surface area contributed by atoms with Crippen molar-refractivity contribution in [2.24, 2.45) is 5.41 Å². The van der Waals surface area contributed by atoms with E-state index in [9.17, 15) is 13.7 Å². The first-order valence-corrected chi connectivity index (χ1v) is 8.63. The molecule has 4 nitrogen and oxygen atoms in total. The molecule has 0 aliphatic heterocycles. The van der Waals surface area contributed by atoms with Crippen LogP contribution >= 0.6 is 11.6 Å². The molecule has 0 bridgehead atoms. The van der Waals surface area contributed by atoms with Crippen molar-refractivity contribution in [2.45, 2.75) is 18.1 Å². The molecular formula is C14H16ClNO3S. The van der Waals surface area contributed by atoms with E-state index in [0.717, 1.165) is 5.56 Å². The number of hydrogen-bond acceptors (Lipinski definition) is 4. The normalized spacial score (nSPS) is 28.9. The van der Waals surface area contributed by atoms with Crippen LogP contribution in [0, 0.1) is 16.7 Å². The molecule has 20 heavy (non-hydrogen) atoms. The molecular weight excluding hydrogens is 298 g/mol. The Morgan fingerprint density at radius 1 is 1.40 bits per heavy atom. The summed E-state index contributed by atoms with van der Waals surface area (Å²) in [6.07, 6.45) is 1.17. The van der Waals surface area contributed by atoms with Gasteiger partial charge in [0.05, 0.1) is 17.9 Å². The lowest BCUT2D eigenvalue weighted by molar-refractivity contribution is 0.117. The van der Waals surface area contributed by atoms with Crippen molar-refractivity contribution in [3.8, 4) is 6.07 Å². The van der Waals surface area contributed by atoms with Gasteiger partial charge in [-0.1, -0.05) is 23.7 Å². The zero-order valence-corrected chi connectivity index (χ0v) is 12.9. The quantitative estimate of drug-likeness (QED) is 0.837. The lowest BCUT2D eigenvalue weighted by Gasteiger charge is -2.08. The van der Waals surface area contributed by atoms with Gasteiger partial charge in [0.2, 0.25) is 0 Å². The van der Waals surface area contributed by atoms with E-state index in [2.05, 4.69) is 6.07 Å². The molecule has 0 spiro atoms. The summed E-state index contributed by atoms with van der Waals surface area (Å²) in [6.45, 7) is 2.40. The third-order valence-corrected chi connectivity index (χ3v) is 5.57. The Morgan fingerprint density at radius 3 is 2.45 bits per heavy atom. The van der Waals surface area contributed by atoms with E-state index in [-0.39, 0.29) is 12.5 Å². The minimum Gasteiger partial charge on any atom is -0.380 e. The molecule has 1 aliphatic carbocycles. The zero-order valence-electron chi connectivity index (χ0n) is 11.3. The van der Waals surface area contributed by atoms with E-state index in [1.165, 1.54) is 6.26 Å². The van der Waals surface area contributed by atoms with E-state index < -0.39 is 20.5 Å². The van der Waals surface area contributed by atoms with Gasteiger partial charge in [0.15, 0.2) is 9.84 Å². The average molecular weight is 314 g/mol. The van der Waals surface area contributed by atoms with Gasteiger partial charge in [-0.15, -0.1) is 0 Å². The number of halogens is 1. The summed E-state index contributed by atoms with van der Waals surface area (Å²) in [5.74, 6) is -0.355. The van der Waals surface area contributed by atoms with Crippen LogP contribution < -0.4 is 0 Å². The Kier molecular flexibility index (Phi) is 4.10. The van der Waals surface area contributed by atoms with Crippen LogP contribution in [0.5, 0.6) is 0 Å². The second-order valence-electron chi connectivity index (χ2n) is 5.07. The number of hydrogen-bond donors (Lipinski definition) is 0. The number of rotatable bonds is 5. The maximum absolute atomic E-state index is 11.9. The molecule has 3 unspecified atom stereocenters. The van der Waals surface area contributed by atoms with Crippen LogP contribution in [0.1, 0.15) is 18.4 Å². The molecule has 1 aromatic rings. The predicted octanol–water partition coefficient (Wildman–Crippen LogP) is 2.40. The van der Waals surface area contributed by atoms with Gasteiger partial charge in [-0.05, 0) is 24.6 Å². The van der Waals surface area contributed by atoms with Crippen LogP contribution in [0.3, 0.4) is 0 Å². The topological polar surface area (TPSA) is 67.2 Å². The zero-order chi connectivity index (χ0) is 15.0. The summed E-state index contributed by atoms with van der Waals surface area (Å²) in [4.78, 5) is 0. The van der Waals surface area contributed by atoms with Crippen molar-refractivity contribution in [1.29, 1.82) is 5.26 Å². The van der Waals surface area contributed by atoms with Gasteiger partial charge in [0.25, 0.3) is 0 Å². The third-order valence-electron chi connectivity index (χ3n) is 3.70. The van der Waals surface area contributed by atoms with Crippen LogP contribution in [0.4, 0.5) is 0 Å². The van der Waals surface area contributed by atoms with Crippen molar-refractivity contribution in [3.05, 3.63) is 34.9 Å². The number of nitriles is 1. The molecule has 0 aromatic heterocycles. The summed E-state index contributed by atoms with van der Waals surface area (Å²) in [5, 5.41) is 9.35. The van der Waals surface area contributed by atoms with Gasteiger partial charge in [-0.25, -0.2) is 8.42 Å². The van der Waals surface area contributed by atoms with Gasteiger partial charge in [-0.2, -0.15) is 5.26 Å². The van der Waals surface area contributed by atoms with Crippen molar-refractivity contribution in [1.82, 2.24) is 0 Å². The minimum atomic E-state index is -3.32. The lowest BCUT2D eigenvalue weighted by Crippen LogP contribution is -2.18. The van der Waals surface area contributed by atoms with Crippen molar-refractivity contribution in [2.75, 3.05) is 19.5 Å². The minimum absolute atomic E-state index is 0.130. The van der Waals surface area contributed by atoms with Crippen LogP contribution in [-0.4, -0.2) is 33.1 Å². The van der Waals surface area contributed by atoms with Crippen molar-refractivity contribution >= 4 is 21.4 Å². The van der Waals surface area contributed by atoms with Gasteiger partial charge in [0, 0.05) is 23.8 Å². The third kappa shape index (κ3) is 2.56. The predicted molar refractivity (Wildman–Crippen MR) is 77.4 cm³/mol. The van der Waals surface area contributed by atoms with Crippen molar-refractivity contribution in [3.63, 3.8) is 0 Å². The van der Waals surface area contributed by atoms with Gasteiger partial charge < -0.3 is 4.74 Å². The first-order valence-electron chi connectivity index (χ1n) is 6.30. The van der Waals surface area contributed by atoms with E-state index in [1.54, 1.807) is 24.3 Å². The highest BCUT2D eigenvalue weighted by Crippen LogP contribution is 2.62. The molecule has 0 heterocycles. The fourth-order valence-electron chi connectivity index (χ4n) is 2.78. The van der Waals surface area contributed by atoms with E-state index in [1.807, 2.05) is 6.92 Å². The maximum atomic E-state index is 11.9. The maximum Gasteiger partial charge on any atom is 0.152 e. The number of sulfone groups is 1. The molecule has 0 radical (unpaired) electrons. The highest BCUT2D eigenvalue weighted by Gasteiger charge is 2.71. The molecule has 0 amide bonds. The van der Waals surface area contributed by atoms with Gasteiger partial charge in [0.1, 0.15) is 5.41 Å². The van der Waals surface area contributed by atoms with E-state index >= 15 is 0 Å². The second kappa shape index (κ2) is 5.36. The number of nitrogens with zero attached hydrogens (tertiary/aromatic N) is 1. The molecule has 1 aromatic carbocycles. The van der Waals surface area contributed by atoms with Gasteiger partial charge >= 0.3 is 0 Å². The number of benzene rings is 1. The van der Waals surface area contributed by atoms with Crippen LogP contribution in [0.25, 0.3) is 0 Å². The molecule has 1 saturated carbocycles. The summed E-state index contributed by atoms with van der Waals surface area (Å²) >= 11 is 5.84. The van der Waals surface area contributed by atoms with Crippen LogP contribution in [0.15, 0.2) is 24.3 Å². The molecule has 2 rings (SSSR count). The largest absolute Gasteiger partial charge is 0.380 e. The Labute approximate surface area is 124 Å². The fraction of sp³-hybridized carbons (Fsp3) is 0.500. The second-order valence-corrected chi connectivity index (χ2v) is 7.67. The molecule has 6 heteroatoms. The Bertz CT molecular complexity index is 635. The highest BCUT2D eigenvalue weighted by atomic mass is 35.5. The molecule has 0 saturated heterocycles. The lowest BCUT2D eigenvalue weighted by atomic mass is 10.0. The van der Waals surface area contributed by atoms with Crippen LogP contribution in [0.2, 0.25) is 5.02 Å². The Morgan fingerprint density at radius 2 is 2.00 bits per heavy atom. The molecule has 1 fully saturated rings. The standard InChI is InChI=1S/C14H16ClNO3S/c1-3-19-9-14(8-16)12(13(14)20(2,17)18)10-4-6-11(15)7-5-10/h4-7,12-13H,3,9H2,1-2H3. The van der Waals surface area contributed by atoms with E-state index in [4.69, 9.17) is 16.3 Å². The summed E-state index contributed by atoms with van der Waals surface area (Å²) in [5.41, 5.74) is -0.177. The highest BCUT2D eigenvalue weighted by molar-refractivity contribution is 7.91. The first-order chi connectivity index (χ1) is 9.36. The fourth-order valence-corrected chi connectivity index (χ4v) is 4.76. The van der Waals surface area contributed by atoms with Crippen LogP contribution in [-0.2, 0) is 14.6 Å². The molecule has 108 valence electrons. The number of ether oxygens (including phenoxy) is 1. The van der Waals surface area contributed by atoms with Gasteiger partial charge in [-0.3, -0.25) is 0 Å². The molecule has 3 atom stereocenters. The summed E-state index contributed by atoms with van der Waals surface area (Å²) < 4.78 is 29.2. The smallest absolute Gasteiger partial charge is 0.152 e. The van der Waals surface area contributed by atoms with Crippen molar-refractivity contribution < 1.29 is 13.2 Å². The first kappa shape index (κ1) is 15.3. The Hall–Kier alpha value is -1.09. The molecule has 0 N–H and O–H groups in total. The monoisotopic (exact) mass is 313 g/mol. The van der Waals surface area contributed by atoms with E-state index in [0.29, 0.717) is 11.6 Å².